The molecule has 7 heteroatoms. The molecule has 1 aliphatic heterocycles. The van der Waals surface area contributed by atoms with Gasteiger partial charge in [-0.2, -0.15) is 24.9 Å². The van der Waals surface area contributed by atoms with Gasteiger partial charge in [0.25, 0.3) is 5.91 Å². The topological polar surface area (TPSA) is 29.1 Å². The summed E-state index contributed by atoms with van der Waals surface area (Å²) in [5, 5.41) is 2.65. The third-order valence-corrected chi connectivity index (χ3v) is 4.45. The molecule has 0 aliphatic carbocycles. The summed E-state index contributed by atoms with van der Waals surface area (Å²) in [7, 11) is 0. The standard InChI is InChI=1S/C12H11BrF3NOS/c13-7-1-2-9(10(5-7)12(14,15)16)11(18)17-8-3-4-19-6-8/h1-2,5,8H,3-4,6H2,(H,17,18). The molecular weight excluding hydrogens is 343 g/mol. The summed E-state index contributed by atoms with van der Waals surface area (Å²) in [4.78, 5) is 11.9. The molecule has 0 saturated carbocycles. The van der Waals surface area contributed by atoms with Crippen LogP contribution in [-0.2, 0) is 6.18 Å². The molecule has 1 fully saturated rings. The molecule has 1 unspecified atom stereocenters. The van der Waals surface area contributed by atoms with Crippen LogP contribution in [0.25, 0.3) is 0 Å². The van der Waals surface area contributed by atoms with Gasteiger partial charge in [0.2, 0.25) is 0 Å². The maximum Gasteiger partial charge on any atom is 0.417 e. The van der Waals surface area contributed by atoms with Gasteiger partial charge >= 0.3 is 6.18 Å². The average molecular weight is 354 g/mol. The number of carbonyl (C=O) groups excluding carboxylic acids is 1. The molecule has 1 heterocycles. The summed E-state index contributed by atoms with van der Waals surface area (Å²) in [6.45, 7) is 0. The van der Waals surface area contributed by atoms with E-state index in [2.05, 4.69) is 21.2 Å². The molecule has 2 nitrogen and oxygen atoms in total. The maximum atomic E-state index is 12.9. The van der Waals surface area contributed by atoms with Crippen molar-refractivity contribution >= 4 is 33.6 Å². The van der Waals surface area contributed by atoms with Crippen molar-refractivity contribution in [2.75, 3.05) is 11.5 Å². The number of rotatable bonds is 2. The molecule has 0 bridgehead atoms. The normalized spacial score (nSPS) is 19.5. The molecule has 0 spiro atoms. The van der Waals surface area contributed by atoms with Gasteiger partial charge in [0, 0.05) is 16.3 Å². The molecule has 104 valence electrons. The molecule has 2 rings (SSSR count). The third kappa shape index (κ3) is 3.66. The third-order valence-electron chi connectivity index (χ3n) is 2.80. The van der Waals surface area contributed by atoms with E-state index in [9.17, 15) is 18.0 Å². The van der Waals surface area contributed by atoms with Crippen LogP contribution in [0.5, 0.6) is 0 Å². The number of hydrogen-bond acceptors (Lipinski definition) is 2. The number of nitrogens with one attached hydrogen (secondary N) is 1. The Hall–Kier alpha value is -0.690. The Kier molecular flexibility index (Phi) is 4.45. The number of amides is 1. The fraction of sp³-hybridized carbons (Fsp3) is 0.417. The van der Waals surface area contributed by atoms with Gasteiger partial charge in [-0.25, -0.2) is 0 Å². The summed E-state index contributed by atoms with van der Waals surface area (Å²) in [5.41, 5.74) is -1.24. The second kappa shape index (κ2) is 5.75. The Bertz CT molecular complexity index is 486. The van der Waals surface area contributed by atoms with Gasteiger partial charge in [-0.05, 0) is 30.4 Å². The minimum absolute atomic E-state index is 0.0396. The van der Waals surface area contributed by atoms with Crippen molar-refractivity contribution in [1.82, 2.24) is 5.32 Å². The average Bonchev–Trinajstić information content (AvgIpc) is 2.80. The van der Waals surface area contributed by atoms with E-state index in [0.717, 1.165) is 24.0 Å². The van der Waals surface area contributed by atoms with Crippen LogP contribution in [0, 0.1) is 0 Å². The first kappa shape index (κ1) is 14.7. The predicted molar refractivity (Wildman–Crippen MR) is 72.3 cm³/mol. The molecule has 19 heavy (non-hydrogen) atoms. The van der Waals surface area contributed by atoms with Crippen LogP contribution >= 0.6 is 27.7 Å². The smallest absolute Gasteiger partial charge is 0.348 e. The largest absolute Gasteiger partial charge is 0.417 e. The fourth-order valence-electron chi connectivity index (χ4n) is 1.86. The minimum atomic E-state index is -4.54. The quantitative estimate of drug-likeness (QED) is 0.878. The second-order valence-electron chi connectivity index (χ2n) is 4.22. The number of alkyl halides is 3. The van der Waals surface area contributed by atoms with E-state index in [-0.39, 0.29) is 11.6 Å². The SMILES string of the molecule is O=C(NC1CCSC1)c1ccc(Br)cc1C(F)(F)F. The molecule has 1 saturated heterocycles. The van der Waals surface area contributed by atoms with Gasteiger partial charge in [-0.3, -0.25) is 4.79 Å². The highest BCUT2D eigenvalue weighted by molar-refractivity contribution is 9.10. The molecule has 0 aromatic heterocycles. The highest BCUT2D eigenvalue weighted by atomic mass is 79.9. The Labute approximate surface area is 121 Å². The first-order chi connectivity index (χ1) is 8.88. The van der Waals surface area contributed by atoms with E-state index in [1.54, 1.807) is 11.8 Å². The highest BCUT2D eigenvalue weighted by Gasteiger charge is 2.35. The monoisotopic (exact) mass is 353 g/mol. The molecular formula is C12H11BrF3NOS. The first-order valence-electron chi connectivity index (χ1n) is 5.63. The number of halogens is 4. The molecule has 1 atom stereocenters. The first-order valence-corrected chi connectivity index (χ1v) is 7.58. The Morgan fingerprint density at radius 3 is 2.74 bits per heavy atom. The number of hydrogen-bond donors (Lipinski definition) is 1. The molecule has 1 aromatic rings. The summed E-state index contributed by atoms with van der Waals surface area (Å²) in [6, 6.07) is 3.53. The van der Waals surface area contributed by atoms with Gasteiger partial charge in [-0.1, -0.05) is 15.9 Å². The zero-order valence-corrected chi connectivity index (χ0v) is 12.2. The van der Waals surface area contributed by atoms with Crippen molar-refractivity contribution < 1.29 is 18.0 Å². The lowest BCUT2D eigenvalue weighted by molar-refractivity contribution is -0.138. The van der Waals surface area contributed by atoms with Gasteiger partial charge in [0.05, 0.1) is 11.1 Å². The van der Waals surface area contributed by atoms with Crippen LogP contribution in [0.1, 0.15) is 22.3 Å². The number of carbonyl (C=O) groups is 1. The van der Waals surface area contributed by atoms with Crippen molar-refractivity contribution in [3.8, 4) is 0 Å². The number of thioether (sulfide) groups is 1. The molecule has 1 aliphatic rings. The van der Waals surface area contributed by atoms with E-state index in [0.29, 0.717) is 4.47 Å². The molecule has 1 amide bonds. The zero-order chi connectivity index (χ0) is 14.0. The summed E-state index contributed by atoms with van der Waals surface area (Å²) < 4.78 is 39.0. The second-order valence-corrected chi connectivity index (χ2v) is 6.29. The fourth-order valence-corrected chi connectivity index (χ4v) is 3.37. The number of benzene rings is 1. The van der Waals surface area contributed by atoms with E-state index in [4.69, 9.17) is 0 Å². The Morgan fingerprint density at radius 2 is 2.16 bits per heavy atom. The molecule has 1 aromatic carbocycles. The van der Waals surface area contributed by atoms with Gasteiger partial charge in [0.1, 0.15) is 0 Å². The van der Waals surface area contributed by atoms with Crippen LogP contribution in [0.15, 0.2) is 22.7 Å². The lowest BCUT2D eigenvalue weighted by atomic mass is 10.1. The van der Waals surface area contributed by atoms with Crippen LogP contribution in [0.3, 0.4) is 0 Å². The van der Waals surface area contributed by atoms with Crippen LogP contribution < -0.4 is 5.32 Å². The van der Waals surface area contributed by atoms with Gasteiger partial charge in [-0.15, -0.1) is 0 Å². The predicted octanol–water partition coefficient (Wildman–Crippen LogP) is 3.70. The van der Waals surface area contributed by atoms with Crippen molar-refractivity contribution in [2.24, 2.45) is 0 Å². The summed E-state index contributed by atoms with van der Waals surface area (Å²) in [6.07, 6.45) is -3.74. The van der Waals surface area contributed by atoms with E-state index < -0.39 is 17.6 Å². The van der Waals surface area contributed by atoms with Crippen molar-refractivity contribution in [3.63, 3.8) is 0 Å². The minimum Gasteiger partial charge on any atom is -0.348 e. The van der Waals surface area contributed by atoms with E-state index in [1.165, 1.54) is 12.1 Å². The Balaban J connectivity index is 2.25. The lowest BCUT2D eigenvalue weighted by Crippen LogP contribution is -2.35. The molecule has 0 radical (unpaired) electrons. The lowest BCUT2D eigenvalue weighted by Gasteiger charge is -2.16. The van der Waals surface area contributed by atoms with Crippen LogP contribution in [0.4, 0.5) is 13.2 Å². The highest BCUT2D eigenvalue weighted by Crippen LogP contribution is 2.34. The Morgan fingerprint density at radius 1 is 1.42 bits per heavy atom. The van der Waals surface area contributed by atoms with Gasteiger partial charge in [0.15, 0.2) is 0 Å². The van der Waals surface area contributed by atoms with E-state index in [1.807, 2.05) is 0 Å². The van der Waals surface area contributed by atoms with E-state index >= 15 is 0 Å². The van der Waals surface area contributed by atoms with Crippen molar-refractivity contribution in [2.45, 2.75) is 18.6 Å². The summed E-state index contributed by atoms with van der Waals surface area (Å²) >= 11 is 4.68. The van der Waals surface area contributed by atoms with Crippen molar-refractivity contribution in [3.05, 3.63) is 33.8 Å². The maximum absolute atomic E-state index is 12.9. The van der Waals surface area contributed by atoms with Gasteiger partial charge < -0.3 is 5.32 Å². The van der Waals surface area contributed by atoms with Crippen LogP contribution in [-0.4, -0.2) is 23.5 Å². The zero-order valence-electron chi connectivity index (χ0n) is 9.76. The van der Waals surface area contributed by atoms with Crippen molar-refractivity contribution in [1.29, 1.82) is 0 Å². The summed E-state index contributed by atoms with van der Waals surface area (Å²) in [5.74, 6) is 1.02. The molecule has 1 N–H and O–H groups in total. The van der Waals surface area contributed by atoms with Crippen LogP contribution in [0.2, 0.25) is 0 Å².